The molecule has 128 valence electrons. The second kappa shape index (κ2) is 6.64. The molecule has 1 atom stereocenters. The van der Waals surface area contributed by atoms with E-state index in [0.717, 1.165) is 18.6 Å². The Kier molecular flexibility index (Phi) is 5.02. The van der Waals surface area contributed by atoms with Gasteiger partial charge in [-0.3, -0.25) is 4.79 Å². The molecule has 2 heterocycles. The molecule has 0 aromatic carbocycles. The molecule has 1 aliphatic heterocycles. The van der Waals surface area contributed by atoms with Gasteiger partial charge in [-0.2, -0.15) is 0 Å². The molecule has 0 aliphatic carbocycles. The van der Waals surface area contributed by atoms with E-state index in [-0.39, 0.29) is 11.9 Å². The second-order valence-corrected chi connectivity index (χ2v) is 7.00. The highest BCUT2D eigenvalue weighted by molar-refractivity contribution is 5.95. The van der Waals surface area contributed by atoms with Crippen LogP contribution in [-0.4, -0.2) is 41.6 Å². The first-order chi connectivity index (χ1) is 10.7. The Bertz CT molecular complexity index is 586. The van der Waals surface area contributed by atoms with E-state index in [4.69, 9.17) is 9.15 Å². The summed E-state index contributed by atoms with van der Waals surface area (Å²) in [6, 6.07) is 1.76. The van der Waals surface area contributed by atoms with Crippen molar-refractivity contribution in [1.29, 1.82) is 0 Å². The lowest BCUT2D eigenvalue weighted by Gasteiger charge is -2.26. The molecule has 0 bridgehead atoms. The Morgan fingerprint density at radius 3 is 2.65 bits per heavy atom. The first-order valence-corrected chi connectivity index (χ1v) is 8.02. The van der Waals surface area contributed by atoms with Gasteiger partial charge in [-0.25, -0.2) is 4.79 Å². The number of carbonyl (C=O) groups is 2. The van der Waals surface area contributed by atoms with Gasteiger partial charge < -0.3 is 19.4 Å². The number of nitrogens with one attached hydrogen (secondary N) is 1. The standard InChI is InChI=1S/C17H26N2O4/c1-11-9-14(12(2)22-11)15(20)19-8-6-7-13(19)10-18-16(21)23-17(3,4)5/h9,13H,6-8,10H2,1-5H3,(H,18,21)/t13-/m1/s1. The first kappa shape index (κ1) is 17.4. The number of rotatable bonds is 3. The zero-order chi connectivity index (χ0) is 17.2. The molecule has 0 unspecified atom stereocenters. The maximum Gasteiger partial charge on any atom is 0.407 e. The molecule has 23 heavy (non-hydrogen) atoms. The third kappa shape index (κ3) is 4.50. The van der Waals surface area contributed by atoms with Crippen LogP contribution in [0.4, 0.5) is 4.79 Å². The van der Waals surface area contributed by atoms with Crippen LogP contribution >= 0.6 is 0 Å². The highest BCUT2D eigenvalue weighted by Crippen LogP contribution is 2.23. The fourth-order valence-electron chi connectivity index (χ4n) is 2.83. The minimum Gasteiger partial charge on any atom is -0.466 e. The van der Waals surface area contributed by atoms with Gasteiger partial charge in [0.05, 0.1) is 5.56 Å². The zero-order valence-corrected chi connectivity index (χ0v) is 14.6. The van der Waals surface area contributed by atoms with Gasteiger partial charge in [-0.05, 0) is 53.5 Å². The number of hydrogen-bond donors (Lipinski definition) is 1. The molecule has 1 fully saturated rings. The number of furan rings is 1. The Hall–Kier alpha value is -1.98. The van der Waals surface area contributed by atoms with Crippen molar-refractivity contribution in [2.75, 3.05) is 13.1 Å². The zero-order valence-electron chi connectivity index (χ0n) is 14.6. The van der Waals surface area contributed by atoms with Crippen LogP contribution in [0.2, 0.25) is 0 Å². The highest BCUT2D eigenvalue weighted by Gasteiger charge is 2.31. The number of ether oxygens (including phenoxy) is 1. The number of carbonyl (C=O) groups excluding carboxylic acids is 2. The van der Waals surface area contributed by atoms with Gasteiger partial charge in [0.1, 0.15) is 17.1 Å². The Morgan fingerprint density at radius 1 is 1.39 bits per heavy atom. The molecule has 2 amide bonds. The van der Waals surface area contributed by atoms with E-state index >= 15 is 0 Å². The fourth-order valence-corrected chi connectivity index (χ4v) is 2.83. The Labute approximate surface area is 137 Å². The molecule has 0 spiro atoms. The van der Waals surface area contributed by atoms with Gasteiger partial charge in [0.2, 0.25) is 0 Å². The van der Waals surface area contributed by atoms with Gasteiger partial charge in [-0.1, -0.05) is 0 Å². The third-order valence-electron chi connectivity index (χ3n) is 3.79. The van der Waals surface area contributed by atoms with Crippen LogP contribution in [0.15, 0.2) is 10.5 Å². The average Bonchev–Trinajstić information content (AvgIpc) is 3.00. The van der Waals surface area contributed by atoms with Crippen molar-refractivity contribution in [1.82, 2.24) is 10.2 Å². The predicted molar refractivity (Wildman–Crippen MR) is 86.5 cm³/mol. The highest BCUT2D eigenvalue weighted by atomic mass is 16.6. The summed E-state index contributed by atoms with van der Waals surface area (Å²) in [7, 11) is 0. The van der Waals surface area contributed by atoms with Crippen LogP contribution in [0.1, 0.15) is 55.5 Å². The van der Waals surface area contributed by atoms with Crippen LogP contribution < -0.4 is 5.32 Å². The summed E-state index contributed by atoms with van der Waals surface area (Å²) in [5.74, 6) is 1.33. The van der Waals surface area contributed by atoms with Gasteiger partial charge in [0.25, 0.3) is 5.91 Å². The summed E-state index contributed by atoms with van der Waals surface area (Å²) < 4.78 is 10.7. The first-order valence-electron chi connectivity index (χ1n) is 8.02. The second-order valence-electron chi connectivity index (χ2n) is 7.00. The minimum atomic E-state index is -0.527. The van der Waals surface area contributed by atoms with Crippen molar-refractivity contribution in [3.63, 3.8) is 0 Å². The minimum absolute atomic E-state index is 0.00961. The smallest absolute Gasteiger partial charge is 0.407 e. The van der Waals surface area contributed by atoms with E-state index in [0.29, 0.717) is 24.4 Å². The summed E-state index contributed by atoms with van der Waals surface area (Å²) in [5, 5.41) is 2.76. The maximum atomic E-state index is 12.7. The van der Waals surface area contributed by atoms with Crippen molar-refractivity contribution in [2.24, 2.45) is 0 Å². The van der Waals surface area contributed by atoms with Crippen molar-refractivity contribution in [3.05, 3.63) is 23.2 Å². The molecule has 6 heteroatoms. The van der Waals surface area contributed by atoms with Crippen LogP contribution in [0.5, 0.6) is 0 Å². The fraction of sp³-hybridized carbons (Fsp3) is 0.647. The molecule has 1 aromatic heterocycles. The maximum absolute atomic E-state index is 12.7. The molecule has 0 saturated carbocycles. The Balaban J connectivity index is 1.96. The van der Waals surface area contributed by atoms with Gasteiger partial charge in [0, 0.05) is 19.1 Å². The summed E-state index contributed by atoms with van der Waals surface area (Å²) in [5.41, 5.74) is 0.0763. The number of alkyl carbamates (subject to hydrolysis) is 1. The van der Waals surface area contributed by atoms with Crippen LogP contribution in [0.25, 0.3) is 0 Å². The molecular formula is C17H26N2O4. The van der Waals surface area contributed by atoms with E-state index in [1.54, 1.807) is 13.0 Å². The van der Waals surface area contributed by atoms with E-state index in [1.807, 2.05) is 32.6 Å². The van der Waals surface area contributed by atoms with Crippen LogP contribution in [0, 0.1) is 13.8 Å². The van der Waals surface area contributed by atoms with Gasteiger partial charge in [-0.15, -0.1) is 0 Å². The van der Waals surface area contributed by atoms with Gasteiger partial charge in [0.15, 0.2) is 0 Å². The van der Waals surface area contributed by atoms with Crippen molar-refractivity contribution < 1.29 is 18.7 Å². The number of amides is 2. The normalized spacial score (nSPS) is 18.1. The summed E-state index contributed by atoms with van der Waals surface area (Å²) in [4.78, 5) is 26.3. The summed E-state index contributed by atoms with van der Waals surface area (Å²) >= 11 is 0. The lowest BCUT2D eigenvalue weighted by molar-refractivity contribution is 0.0501. The largest absolute Gasteiger partial charge is 0.466 e. The lowest BCUT2D eigenvalue weighted by atomic mass is 10.2. The molecule has 1 saturated heterocycles. The van der Waals surface area contributed by atoms with Crippen LogP contribution in [0.3, 0.4) is 0 Å². The molecule has 0 radical (unpaired) electrons. The summed E-state index contributed by atoms with van der Waals surface area (Å²) in [6.45, 7) is 10.2. The Morgan fingerprint density at radius 2 is 2.09 bits per heavy atom. The van der Waals surface area contributed by atoms with E-state index in [1.165, 1.54) is 0 Å². The van der Waals surface area contributed by atoms with Crippen molar-refractivity contribution >= 4 is 12.0 Å². The molecule has 6 nitrogen and oxygen atoms in total. The van der Waals surface area contributed by atoms with E-state index in [2.05, 4.69) is 5.32 Å². The molecule has 1 N–H and O–H groups in total. The number of likely N-dealkylation sites (tertiary alicyclic amines) is 1. The SMILES string of the molecule is Cc1cc(C(=O)N2CCC[C@@H]2CNC(=O)OC(C)(C)C)c(C)o1. The average molecular weight is 322 g/mol. The monoisotopic (exact) mass is 322 g/mol. The molecule has 1 aliphatic rings. The van der Waals surface area contributed by atoms with Crippen LogP contribution in [-0.2, 0) is 4.74 Å². The lowest BCUT2D eigenvalue weighted by Crippen LogP contribution is -2.44. The predicted octanol–water partition coefficient (Wildman–Crippen LogP) is 3.03. The van der Waals surface area contributed by atoms with E-state index in [9.17, 15) is 9.59 Å². The summed E-state index contributed by atoms with van der Waals surface area (Å²) in [6.07, 6.45) is 1.35. The quantitative estimate of drug-likeness (QED) is 0.928. The topological polar surface area (TPSA) is 71.8 Å². The van der Waals surface area contributed by atoms with Crippen molar-refractivity contribution in [2.45, 2.75) is 59.1 Å². The van der Waals surface area contributed by atoms with Gasteiger partial charge >= 0.3 is 6.09 Å². The third-order valence-corrected chi connectivity index (χ3v) is 3.79. The number of nitrogens with zero attached hydrogens (tertiary/aromatic N) is 1. The molecular weight excluding hydrogens is 296 g/mol. The number of hydrogen-bond acceptors (Lipinski definition) is 4. The van der Waals surface area contributed by atoms with Crippen molar-refractivity contribution in [3.8, 4) is 0 Å². The molecule has 1 aromatic rings. The molecule has 2 rings (SSSR count). The number of aryl methyl sites for hydroxylation is 2. The van der Waals surface area contributed by atoms with E-state index < -0.39 is 11.7 Å².